The van der Waals surface area contributed by atoms with E-state index in [1.165, 1.54) is 25.7 Å². The highest BCUT2D eigenvalue weighted by Gasteiger charge is 2.39. The molecule has 0 radical (unpaired) electrons. The summed E-state index contributed by atoms with van der Waals surface area (Å²) in [5, 5.41) is 3.20. The summed E-state index contributed by atoms with van der Waals surface area (Å²) < 4.78 is 23.2. The van der Waals surface area contributed by atoms with Gasteiger partial charge < -0.3 is 5.32 Å². The predicted octanol–water partition coefficient (Wildman–Crippen LogP) is 1.59. The summed E-state index contributed by atoms with van der Waals surface area (Å²) >= 11 is 0. The van der Waals surface area contributed by atoms with E-state index in [2.05, 4.69) is 5.32 Å². The topological polar surface area (TPSA) is 46.2 Å². The van der Waals surface area contributed by atoms with Crippen molar-refractivity contribution in [3.05, 3.63) is 0 Å². The molecule has 2 rings (SSSR count). The second kappa shape index (κ2) is 4.65. The summed E-state index contributed by atoms with van der Waals surface area (Å²) in [6.45, 7) is 4.15. The van der Waals surface area contributed by atoms with Crippen LogP contribution in [0.4, 0.5) is 0 Å². The van der Waals surface area contributed by atoms with Crippen molar-refractivity contribution in [2.75, 3.05) is 12.3 Å². The zero-order valence-electron chi connectivity index (χ0n) is 10.3. The first-order valence-electron chi connectivity index (χ1n) is 6.44. The number of hydrogen-bond donors (Lipinski definition) is 1. The van der Waals surface area contributed by atoms with E-state index >= 15 is 0 Å². The summed E-state index contributed by atoms with van der Waals surface area (Å²) in [7, 11) is -2.87. The molecule has 0 aromatic heterocycles. The minimum absolute atomic E-state index is 0.241. The molecule has 2 bridgehead atoms. The van der Waals surface area contributed by atoms with Crippen molar-refractivity contribution in [2.24, 2.45) is 11.8 Å². The first-order chi connectivity index (χ1) is 7.49. The van der Waals surface area contributed by atoms with Crippen LogP contribution in [0.2, 0.25) is 0 Å². The predicted molar refractivity (Wildman–Crippen MR) is 66.2 cm³/mol. The molecule has 0 amide bonds. The Balaban J connectivity index is 1.73. The van der Waals surface area contributed by atoms with E-state index in [-0.39, 0.29) is 5.25 Å². The Morgan fingerprint density at radius 2 is 2.00 bits per heavy atom. The summed E-state index contributed by atoms with van der Waals surface area (Å²) in [5.41, 5.74) is 0. The molecule has 94 valence electrons. The van der Waals surface area contributed by atoms with Crippen LogP contribution in [-0.4, -0.2) is 32.0 Å². The molecule has 0 spiro atoms. The smallest absolute Gasteiger partial charge is 0.153 e. The van der Waals surface area contributed by atoms with Gasteiger partial charge in [0.2, 0.25) is 0 Å². The van der Waals surface area contributed by atoms with Gasteiger partial charge in [-0.05, 0) is 44.9 Å². The van der Waals surface area contributed by atoms with Crippen molar-refractivity contribution in [2.45, 2.75) is 50.8 Å². The lowest BCUT2D eigenvalue weighted by Crippen LogP contribution is -2.37. The molecule has 0 aromatic carbocycles. The van der Waals surface area contributed by atoms with E-state index in [1.54, 1.807) is 13.8 Å². The third-order valence-electron chi connectivity index (χ3n) is 4.25. The molecule has 0 aliphatic heterocycles. The fourth-order valence-electron chi connectivity index (χ4n) is 3.12. The SMILES string of the molecule is CC(C)S(=O)(=O)CCNC1CC2CCC1C2. The highest BCUT2D eigenvalue weighted by atomic mass is 32.2. The first-order valence-corrected chi connectivity index (χ1v) is 8.15. The van der Waals surface area contributed by atoms with Gasteiger partial charge in [-0.3, -0.25) is 0 Å². The van der Waals surface area contributed by atoms with Crippen LogP contribution in [0.3, 0.4) is 0 Å². The normalized spacial score (nSPS) is 33.8. The molecule has 16 heavy (non-hydrogen) atoms. The number of nitrogens with one attached hydrogen (secondary N) is 1. The monoisotopic (exact) mass is 245 g/mol. The van der Waals surface area contributed by atoms with Crippen molar-refractivity contribution in [1.82, 2.24) is 5.32 Å². The van der Waals surface area contributed by atoms with Gasteiger partial charge in [0.25, 0.3) is 0 Å². The first kappa shape index (κ1) is 12.4. The molecule has 4 heteroatoms. The lowest BCUT2D eigenvalue weighted by molar-refractivity contribution is 0.358. The Kier molecular flexibility index (Phi) is 3.59. The summed E-state index contributed by atoms with van der Waals surface area (Å²) in [5.74, 6) is 2.04. The van der Waals surface area contributed by atoms with Crippen LogP contribution in [0.25, 0.3) is 0 Å². The number of fused-ring (bicyclic) bond motifs is 2. The largest absolute Gasteiger partial charge is 0.313 e. The lowest BCUT2D eigenvalue weighted by atomic mass is 9.95. The lowest BCUT2D eigenvalue weighted by Gasteiger charge is -2.23. The molecule has 3 nitrogen and oxygen atoms in total. The molecule has 2 aliphatic rings. The van der Waals surface area contributed by atoms with Gasteiger partial charge in [0, 0.05) is 12.6 Å². The van der Waals surface area contributed by atoms with Crippen molar-refractivity contribution in [3.8, 4) is 0 Å². The molecular weight excluding hydrogens is 222 g/mol. The van der Waals surface area contributed by atoms with Gasteiger partial charge >= 0.3 is 0 Å². The van der Waals surface area contributed by atoms with Gasteiger partial charge in [-0.1, -0.05) is 6.42 Å². The second-order valence-electron chi connectivity index (χ2n) is 5.65. The molecule has 0 heterocycles. The van der Waals surface area contributed by atoms with Crippen LogP contribution in [0.1, 0.15) is 39.5 Å². The van der Waals surface area contributed by atoms with Crippen LogP contribution in [0, 0.1) is 11.8 Å². The highest BCUT2D eigenvalue weighted by Crippen LogP contribution is 2.44. The Morgan fingerprint density at radius 1 is 1.25 bits per heavy atom. The Hall–Kier alpha value is -0.0900. The van der Waals surface area contributed by atoms with E-state index < -0.39 is 9.84 Å². The van der Waals surface area contributed by atoms with Gasteiger partial charge in [-0.2, -0.15) is 0 Å². The quantitative estimate of drug-likeness (QED) is 0.800. The molecule has 3 atom stereocenters. The second-order valence-corrected chi connectivity index (χ2v) is 8.33. The van der Waals surface area contributed by atoms with E-state index in [9.17, 15) is 8.42 Å². The maximum atomic E-state index is 11.6. The molecule has 1 N–H and O–H groups in total. The third-order valence-corrected chi connectivity index (χ3v) is 6.46. The van der Waals surface area contributed by atoms with Crippen LogP contribution < -0.4 is 5.32 Å². The molecule has 2 fully saturated rings. The molecule has 2 saturated carbocycles. The Bertz CT molecular complexity index is 337. The zero-order valence-corrected chi connectivity index (χ0v) is 11.1. The average Bonchev–Trinajstić information content (AvgIpc) is 2.78. The van der Waals surface area contributed by atoms with Crippen molar-refractivity contribution in [3.63, 3.8) is 0 Å². The summed E-state index contributed by atoms with van der Waals surface area (Å²) in [6, 6.07) is 0.598. The maximum absolute atomic E-state index is 11.6. The Labute approximate surface area is 98.9 Å². The van der Waals surface area contributed by atoms with E-state index in [0.717, 1.165) is 11.8 Å². The van der Waals surface area contributed by atoms with Crippen LogP contribution in [0.5, 0.6) is 0 Å². The van der Waals surface area contributed by atoms with Crippen LogP contribution in [0.15, 0.2) is 0 Å². The fourth-order valence-corrected chi connectivity index (χ4v) is 3.99. The Morgan fingerprint density at radius 3 is 2.50 bits per heavy atom. The van der Waals surface area contributed by atoms with Gasteiger partial charge in [0.1, 0.15) is 0 Å². The van der Waals surface area contributed by atoms with Gasteiger partial charge in [0.05, 0.1) is 11.0 Å². The minimum atomic E-state index is -2.87. The average molecular weight is 245 g/mol. The molecule has 2 aliphatic carbocycles. The molecule has 0 aromatic rings. The van der Waals surface area contributed by atoms with Gasteiger partial charge in [-0.25, -0.2) is 8.42 Å². The summed E-state index contributed by atoms with van der Waals surface area (Å²) in [4.78, 5) is 0. The van der Waals surface area contributed by atoms with E-state index in [4.69, 9.17) is 0 Å². The molecule has 3 unspecified atom stereocenters. The zero-order chi connectivity index (χ0) is 11.8. The third kappa shape index (κ3) is 2.59. The number of rotatable bonds is 5. The maximum Gasteiger partial charge on any atom is 0.153 e. The van der Waals surface area contributed by atoms with Crippen LogP contribution in [-0.2, 0) is 9.84 Å². The van der Waals surface area contributed by atoms with Crippen LogP contribution >= 0.6 is 0 Å². The van der Waals surface area contributed by atoms with Gasteiger partial charge in [-0.15, -0.1) is 0 Å². The van der Waals surface area contributed by atoms with E-state index in [1.807, 2.05) is 0 Å². The standard InChI is InChI=1S/C12H23NO2S/c1-9(2)16(14,15)6-5-13-12-8-10-3-4-11(12)7-10/h9-13H,3-8H2,1-2H3. The minimum Gasteiger partial charge on any atom is -0.313 e. The van der Waals surface area contributed by atoms with E-state index in [0.29, 0.717) is 18.3 Å². The number of sulfone groups is 1. The van der Waals surface area contributed by atoms with Gasteiger partial charge in [0.15, 0.2) is 9.84 Å². The summed E-state index contributed by atoms with van der Waals surface area (Å²) in [6.07, 6.45) is 5.38. The molecular formula is C12H23NO2S. The van der Waals surface area contributed by atoms with Crippen molar-refractivity contribution in [1.29, 1.82) is 0 Å². The molecule has 0 saturated heterocycles. The van der Waals surface area contributed by atoms with Crippen molar-refractivity contribution < 1.29 is 8.42 Å². The number of hydrogen-bond acceptors (Lipinski definition) is 3. The highest BCUT2D eigenvalue weighted by molar-refractivity contribution is 7.92. The fraction of sp³-hybridized carbons (Fsp3) is 1.00. The van der Waals surface area contributed by atoms with Crippen molar-refractivity contribution >= 4 is 9.84 Å².